The maximum atomic E-state index is 5.77. The lowest BCUT2D eigenvalue weighted by molar-refractivity contribution is -0.0165. The van der Waals surface area contributed by atoms with Crippen LogP contribution < -0.4 is 20.1 Å². The molecule has 1 aliphatic heterocycles. The van der Waals surface area contributed by atoms with Gasteiger partial charge in [-0.3, -0.25) is 9.89 Å². The van der Waals surface area contributed by atoms with Gasteiger partial charge < -0.3 is 24.8 Å². The van der Waals surface area contributed by atoms with Gasteiger partial charge >= 0.3 is 0 Å². The van der Waals surface area contributed by atoms with Crippen LogP contribution in [0, 0.1) is 0 Å². The summed E-state index contributed by atoms with van der Waals surface area (Å²) in [4.78, 5) is 7.32. The minimum atomic E-state index is 0. The molecule has 2 rings (SSSR count). The zero-order valence-electron chi connectivity index (χ0n) is 19.9. The average molecular weight is 549 g/mol. The first-order valence-electron chi connectivity index (χ1n) is 11.3. The highest BCUT2D eigenvalue weighted by Crippen LogP contribution is 2.30. The maximum absolute atomic E-state index is 5.77. The summed E-state index contributed by atoms with van der Waals surface area (Å²) in [5, 5.41) is 6.89. The van der Waals surface area contributed by atoms with Gasteiger partial charge in [0.1, 0.15) is 0 Å². The van der Waals surface area contributed by atoms with Gasteiger partial charge in [-0.15, -0.1) is 24.0 Å². The van der Waals surface area contributed by atoms with Crippen LogP contribution in [-0.2, 0) is 4.74 Å². The van der Waals surface area contributed by atoms with Gasteiger partial charge in [-0.2, -0.15) is 0 Å². The monoisotopic (exact) mass is 548 g/mol. The Bertz CT molecular complexity index is 674. The summed E-state index contributed by atoms with van der Waals surface area (Å²) < 4.78 is 17.0. The Morgan fingerprint density at radius 2 is 1.90 bits per heavy atom. The number of benzene rings is 1. The third-order valence-electron chi connectivity index (χ3n) is 5.26. The van der Waals surface area contributed by atoms with Crippen molar-refractivity contribution in [2.24, 2.45) is 4.99 Å². The van der Waals surface area contributed by atoms with E-state index in [0.717, 1.165) is 55.9 Å². The van der Waals surface area contributed by atoms with Crippen LogP contribution in [0.1, 0.15) is 53.1 Å². The Labute approximate surface area is 205 Å². The number of hydrogen-bond acceptors (Lipinski definition) is 5. The minimum absolute atomic E-state index is 0. The Hall–Kier alpha value is -1.26. The summed E-state index contributed by atoms with van der Waals surface area (Å²) in [6.07, 6.45) is 0. The third-order valence-corrected chi connectivity index (χ3v) is 5.26. The molecule has 0 spiro atoms. The normalized spacial score (nSPS) is 19.2. The van der Waals surface area contributed by atoms with E-state index in [4.69, 9.17) is 19.2 Å². The van der Waals surface area contributed by atoms with Gasteiger partial charge in [-0.25, -0.2) is 0 Å². The van der Waals surface area contributed by atoms with E-state index in [0.29, 0.717) is 25.3 Å². The Balaban J connectivity index is 0.00000480. The molecule has 8 heteroatoms. The molecule has 3 unspecified atom stereocenters. The van der Waals surface area contributed by atoms with Crippen molar-refractivity contribution in [2.75, 3.05) is 46.1 Å². The molecule has 31 heavy (non-hydrogen) atoms. The highest BCUT2D eigenvalue weighted by atomic mass is 127. The van der Waals surface area contributed by atoms with Gasteiger partial charge in [0.15, 0.2) is 17.5 Å². The molecule has 1 aromatic rings. The molecule has 1 saturated heterocycles. The Kier molecular flexibility index (Phi) is 13.2. The summed E-state index contributed by atoms with van der Waals surface area (Å²) in [5.74, 6) is 2.39. The van der Waals surface area contributed by atoms with E-state index in [9.17, 15) is 0 Å². The second-order valence-corrected chi connectivity index (χ2v) is 7.67. The van der Waals surface area contributed by atoms with Gasteiger partial charge in [0.05, 0.1) is 39.0 Å². The number of halogens is 1. The smallest absolute Gasteiger partial charge is 0.191 e. The van der Waals surface area contributed by atoms with E-state index in [1.165, 1.54) is 0 Å². The van der Waals surface area contributed by atoms with Gasteiger partial charge in [-0.05, 0) is 59.2 Å². The summed E-state index contributed by atoms with van der Waals surface area (Å²) in [6.45, 7) is 18.0. The Morgan fingerprint density at radius 1 is 1.19 bits per heavy atom. The van der Waals surface area contributed by atoms with Crippen molar-refractivity contribution >= 4 is 29.9 Å². The molecule has 1 aliphatic rings. The van der Waals surface area contributed by atoms with Crippen molar-refractivity contribution in [1.29, 1.82) is 0 Å². The lowest BCUT2D eigenvalue weighted by Crippen LogP contribution is -2.49. The standard InChI is InChI=1S/C23H40N4O3.HI/c1-7-24-23(25-15-17(4)27-12-13-28-16-18(27)5)26-19(6)20-10-11-21(29-8-2)22(14-20)30-9-3;/h10-11,14,17-19H,7-9,12-13,15-16H2,1-6H3,(H2,24,25,26);1H. The molecule has 0 saturated carbocycles. The van der Waals surface area contributed by atoms with Crippen molar-refractivity contribution < 1.29 is 14.2 Å². The molecule has 0 bridgehead atoms. The van der Waals surface area contributed by atoms with Crippen molar-refractivity contribution in [1.82, 2.24) is 15.5 Å². The molecule has 178 valence electrons. The summed E-state index contributed by atoms with van der Waals surface area (Å²) in [5.41, 5.74) is 1.13. The van der Waals surface area contributed by atoms with Gasteiger partial charge in [0.25, 0.3) is 0 Å². The fourth-order valence-corrected chi connectivity index (χ4v) is 3.67. The zero-order valence-corrected chi connectivity index (χ0v) is 22.3. The van der Waals surface area contributed by atoms with Crippen molar-refractivity contribution in [3.63, 3.8) is 0 Å². The van der Waals surface area contributed by atoms with E-state index in [-0.39, 0.29) is 30.0 Å². The fourth-order valence-electron chi connectivity index (χ4n) is 3.67. The van der Waals surface area contributed by atoms with Crippen LogP contribution in [0.4, 0.5) is 0 Å². The number of hydrogen-bond donors (Lipinski definition) is 2. The predicted molar refractivity (Wildman–Crippen MR) is 138 cm³/mol. The van der Waals surface area contributed by atoms with E-state index in [1.807, 2.05) is 26.0 Å². The molecule has 1 heterocycles. The fraction of sp³-hybridized carbons (Fsp3) is 0.696. The highest BCUT2D eigenvalue weighted by molar-refractivity contribution is 14.0. The number of aliphatic imine (C=N–C) groups is 1. The molecule has 0 aromatic heterocycles. The average Bonchev–Trinajstić information content (AvgIpc) is 2.73. The number of nitrogens with one attached hydrogen (secondary N) is 2. The predicted octanol–water partition coefficient (Wildman–Crippen LogP) is 3.83. The maximum Gasteiger partial charge on any atom is 0.191 e. The quantitative estimate of drug-likeness (QED) is 0.263. The first-order valence-corrected chi connectivity index (χ1v) is 11.3. The second kappa shape index (κ2) is 14.7. The first kappa shape index (κ1) is 27.8. The van der Waals surface area contributed by atoms with Crippen LogP contribution in [0.5, 0.6) is 11.5 Å². The first-order chi connectivity index (χ1) is 14.5. The molecule has 0 amide bonds. The number of guanidine groups is 1. The lowest BCUT2D eigenvalue weighted by Gasteiger charge is -2.37. The van der Waals surface area contributed by atoms with Crippen LogP contribution in [-0.4, -0.2) is 69.0 Å². The molecule has 2 N–H and O–H groups in total. The van der Waals surface area contributed by atoms with E-state index >= 15 is 0 Å². The molecule has 7 nitrogen and oxygen atoms in total. The summed E-state index contributed by atoms with van der Waals surface area (Å²) >= 11 is 0. The minimum Gasteiger partial charge on any atom is -0.490 e. The zero-order chi connectivity index (χ0) is 21.9. The largest absolute Gasteiger partial charge is 0.490 e. The van der Waals surface area contributed by atoms with E-state index in [1.54, 1.807) is 0 Å². The van der Waals surface area contributed by atoms with Gasteiger partial charge in [0.2, 0.25) is 0 Å². The number of nitrogens with zero attached hydrogens (tertiary/aromatic N) is 2. The van der Waals surface area contributed by atoms with Crippen molar-refractivity contribution in [3.05, 3.63) is 23.8 Å². The van der Waals surface area contributed by atoms with E-state index < -0.39 is 0 Å². The molecule has 1 aromatic carbocycles. The number of morpholine rings is 1. The summed E-state index contributed by atoms with van der Waals surface area (Å²) in [6, 6.07) is 6.98. The molecule has 1 fully saturated rings. The third kappa shape index (κ3) is 8.65. The van der Waals surface area contributed by atoms with E-state index in [2.05, 4.69) is 49.3 Å². The molecular weight excluding hydrogens is 507 g/mol. The SMILES string of the molecule is CCNC(=NCC(C)N1CCOCC1C)NC(C)c1ccc(OCC)c(OCC)c1.I. The van der Waals surface area contributed by atoms with Crippen LogP contribution in [0.3, 0.4) is 0 Å². The highest BCUT2D eigenvalue weighted by Gasteiger charge is 2.23. The topological polar surface area (TPSA) is 67.4 Å². The summed E-state index contributed by atoms with van der Waals surface area (Å²) in [7, 11) is 0. The van der Waals surface area contributed by atoms with Crippen LogP contribution >= 0.6 is 24.0 Å². The van der Waals surface area contributed by atoms with Gasteiger partial charge in [0, 0.05) is 25.2 Å². The Morgan fingerprint density at radius 3 is 2.55 bits per heavy atom. The molecule has 0 radical (unpaired) electrons. The lowest BCUT2D eigenvalue weighted by atomic mass is 10.1. The molecular formula is C23H41IN4O3. The van der Waals surface area contributed by atoms with Crippen molar-refractivity contribution in [2.45, 2.75) is 59.7 Å². The van der Waals surface area contributed by atoms with Gasteiger partial charge in [-0.1, -0.05) is 6.07 Å². The van der Waals surface area contributed by atoms with Crippen molar-refractivity contribution in [3.8, 4) is 11.5 Å². The van der Waals surface area contributed by atoms with Crippen LogP contribution in [0.25, 0.3) is 0 Å². The molecule has 0 aliphatic carbocycles. The number of ether oxygens (including phenoxy) is 3. The van der Waals surface area contributed by atoms with Crippen LogP contribution in [0.2, 0.25) is 0 Å². The number of rotatable bonds is 10. The molecule has 3 atom stereocenters. The second-order valence-electron chi connectivity index (χ2n) is 7.67. The van der Waals surface area contributed by atoms with Crippen LogP contribution in [0.15, 0.2) is 23.2 Å².